The van der Waals surface area contributed by atoms with Crippen LogP contribution in [0.1, 0.15) is 25.2 Å². The van der Waals surface area contributed by atoms with Gasteiger partial charge in [-0.1, -0.05) is 32.1 Å². The van der Waals surface area contributed by atoms with Crippen molar-refractivity contribution >= 4 is 0 Å². The molecule has 0 bridgehead atoms. The van der Waals surface area contributed by atoms with Gasteiger partial charge in [-0.2, -0.15) is 0 Å². The molecule has 82 valence electrons. The van der Waals surface area contributed by atoms with Crippen LogP contribution in [0.15, 0.2) is 25.0 Å². The Hall–Kier alpha value is 0.225. The van der Waals surface area contributed by atoms with Gasteiger partial charge in [0, 0.05) is 13.2 Å². The largest absolute Gasteiger partial charge is 1.00 e. The van der Waals surface area contributed by atoms with Gasteiger partial charge in [0.2, 0.25) is 0 Å². The van der Waals surface area contributed by atoms with Crippen molar-refractivity contribution in [3.05, 3.63) is 36.4 Å². The van der Waals surface area contributed by atoms with Gasteiger partial charge in [-0.05, 0) is 12.8 Å². The van der Waals surface area contributed by atoms with Crippen LogP contribution >= 0.6 is 0 Å². The first kappa shape index (κ1) is 16.2. The van der Waals surface area contributed by atoms with Crippen molar-refractivity contribution in [3.63, 3.8) is 0 Å². The molecule has 0 atom stereocenters. The van der Waals surface area contributed by atoms with E-state index >= 15 is 0 Å². The van der Waals surface area contributed by atoms with Gasteiger partial charge < -0.3 is 14.5 Å². The van der Waals surface area contributed by atoms with Crippen molar-refractivity contribution in [2.75, 3.05) is 0 Å². The number of hydrogen-bond acceptors (Lipinski definition) is 2. The zero-order valence-electron chi connectivity index (χ0n) is 10.5. The second-order valence-corrected chi connectivity index (χ2v) is 3.25. The molecule has 0 spiro atoms. The average molecular weight is 291 g/mol. The Labute approximate surface area is 146 Å². The maximum atomic E-state index is 4.10. The molecule has 2 aromatic rings. The van der Waals surface area contributed by atoms with Crippen LogP contribution in [0.3, 0.4) is 0 Å². The number of aromatic nitrogens is 4. The van der Waals surface area contributed by atoms with Crippen LogP contribution < -0.4 is 63.2 Å². The van der Waals surface area contributed by atoms with Crippen LogP contribution in [-0.2, 0) is 19.9 Å². The Bertz CT molecular complexity index is 367. The van der Waals surface area contributed by atoms with Crippen LogP contribution in [0.25, 0.3) is 0 Å². The van der Waals surface area contributed by atoms with Crippen molar-refractivity contribution in [1.82, 2.24) is 19.5 Å². The average Bonchev–Trinajstić information content (AvgIpc) is 2.88. The molecule has 0 fully saturated rings. The molecule has 0 aliphatic heterocycles. The van der Waals surface area contributed by atoms with E-state index in [2.05, 4.69) is 28.8 Å². The normalized spacial score (nSPS) is 8.94. The fourth-order valence-corrected chi connectivity index (χ4v) is 1.09. The molecule has 4 nitrogen and oxygen atoms in total. The maximum absolute atomic E-state index is 4.10. The Kier molecular flexibility index (Phi) is 9.41. The second-order valence-electron chi connectivity index (χ2n) is 3.25. The van der Waals surface area contributed by atoms with Gasteiger partial charge in [0.1, 0.15) is 0 Å². The number of aryl methyl sites for hydroxylation is 3. The van der Waals surface area contributed by atoms with E-state index in [4.69, 9.17) is 0 Å². The van der Waals surface area contributed by atoms with Gasteiger partial charge in [-0.15, -0.1) is 0 Å². The smallest absolute Gasteiger partial charge is 0.450 e. The van der Waals surface area contributed by atoms with Crippen LogP contribution in [0.4, 0.5) is 0 Å². The molecule has 0 aromatic carbocycles. The summed E-state index contributed by atoms with van der Waals surface area (Å²) in [6.07, 6.45) is 9.21. The van der Waals surface area contributed by atoms with Gasteiger partial charge >= 0.3 is 58.2 Å². The zero-order chi connectivity index (χ0) is 11.1. The fraction of sp³-hybridized carbons (Fsp3) is 0.455. The Morgan fingerprint density at radius 2 is 2.06 bits per heavy atom. The van der Waals surface area contributed by atoms with Gasteiger partial charge in [0.25, 0.3) is 0 Å². The molecule has 5 heteroatoms. The summed E-state index contributed by atoms with van der Waals surface area (Å²) >= 11 is 0. The first-order valence-electron chi connectivity index (χ1n) is 5.14. The van der Waals surface area contributed by atoms with Crippen molar-refractivity contribution in [2.45, 2.75) is 26.7 Å². The summed E-state index contributed by atoms with van der Waals surface area (Å²) < 4.78 is 1.96. The molecular weight excluding hydrogens is 274 g/mol. The van der Waals surface area contributed by atoms with Crippen molar-refractivity contribution in [1.29, 1.82) is 0 Å². The standard InChI is InChI=1S/C6H10N2.C5H7N2.Rb/c1-3-6-4-8(2)5-7-6;1-2-5-3-6-4-7-5;/h4-5H,3H2,1-2H3;3-4H,2H2,1H3;/q;-1;+1. The molecule has 2 aromatic heterocycles. The van der Waals surface area contributed by atoms with E-state index in [1.165, 1.54) is 0 Å². The van der Waals surface area contributed by atoms with Crippen molar-refractivity contribution in [3.8, 4) is 0 Å². The van der Waals surface area contributed by atoms with Crippen LogP contribution in [-0.4, -0.2) is 14.5 Å². The minimum atomic E-state index is 0. The van der Waals surface area contributed by atoms with Crippen molar-refractivity contribution in [2.24, 2.45) is 7.05 Å². The summed E-state index contributed by atoms with van der Waals surface area (Å²) in [7, 11) is 1.98. The topological polar surface area (TPSA) is 44.8 Å². The van der Waals surface area contributed by atoms with Crippen LogP contribution in [0.2, 0.25) is 0 Å². The molecular formula is C11H17N4Rb. The molecule has 0 saturated carbocycles. The fourth-order valence-electron chi connectivity index (χ4n) is 1.09. The Morgan fingerprint density at radius 1 is 1.31 bits per heavy atom. The first-order valence-corrected chi connectivity index (χ1v) is 5.14. The summed E-state index contributed by atoms with van der Waals surface area (Å²) in [5.74, 6) is 0. The predicted molar refractivity (Wildman–Crippen MR) is 59.5 cm³/mol. The molecule has 2 rings (SSSR count). The first-order chi connectivity index (χ1) is 7.26. The van der Waals surface area contributed by atoms with Gasteiger partial charge in [-0.25, -0.2) is 4.98 Å². The molecule has 2 heterocycles. The van der Waals surface area contributed by atoms with Crippen LogP contribution in [0, 0.1) is 0 Å². The second kappa shape index (κ2) is 9.28. The predicted octanol–water partition coefficient (Wildman–Crippen LogP) is -1.41. The van der Waals surface area contributed by atoms with Crippen molar-refractivity contribution < 1.29 is 58.2 Å². The summed E-state index contributed by atoms with van der Waals surface area (Å²) in [4.78, 5) is 11.8. The van der Waals surface area contributed by atoms with E-state index in [1.54, 1.807) is 12.5 Å². The van der Waals surface area contributed by atoms with E-state index in [0.717, 1.165) is 24.2 Å². The van der Waals surface area contributed by atoms with E-state index in [0.29, 0.717) is 0 Å². The Morgan fingerprint density at radius 3 is 2.31 bits per heavy atom. The zero-order valence-corrected chi connectivity index (χ0v) is 15.4. The van der Waals surface area contributed by atoms with E-state index < -0.39 is 0 Å². The van der Waals surface area contributed by atoms with Gasteiger partial charge in [-0.3, -0.25) is 0 Å². The molecule has 0 saturated heterocycles. The number of rotatable bonds is 2. The summed E-state index contributed by atoms with van der Waals surface area (Å²) in [6, 6.07) is 0. The van der Waals surface area contributed by atoms with Gasteiger partial charge in [0.15, 0.2) is 0 Å². The van der Waals surface area contributed by atoms with E-state index in [-0.39, 0.29) is 58.2 Å². The third kappa shape index (κ3) is 6.08. The van der Waals surface area contributed by atoms with Crippen LogP contribution in [0.5, 0.6) is 0 Å². The van der Waals surface area contributed by atoms with E-state index in [9.17, 15) is 0 Å². The number of imidazole rings is 2. The minimum absolute atomic E-state index is 0. The summed E-state index contributed by atoms with van der Waals surface area (Å²) in [5.41, 5.74) is 2.23. The third-order valence-electron chi connectivity index (χ3n) is 2.00. The molecule has 0 amide bonds. The Balaban J connectivity index is 0.000000267. The molecule has 0 unspecified atom stereocenters. The number of hydrogen-bond donors (Lipinski definition) is 0. The maximum Gasteiger partial charge on any atom is 1.00 e. The SMILES string of the molecule is CCc1cn(C)cn1.CCc1cnc[n-]1.[Rb+]. The monoisotopic (exact) mass is 290 g/mol. The molecule has 0 aliphatic rings. The molecule has 16 heavy (non-hydrogen) atoms. The van der Waals surface area contributed by atoms with E-state index in [1.807, 2.05) is 24.1 Å². The molecule has 0 aliphatic carbocycles. The quantitative estimate of drug-likeness (QED) is 0.683. The third-order valence-corrected chi connectivity index (χ3v) is 2.00. The molecule has 0 N–H and O–H groups in total. The van der Waals surface area contributed by atoms with Gasteiger partial charge in [0.05, 0.1) is 12.0 Å². The minimum Gasteiger partial charge on any atom is -0.450 e. The number of nitrogens with zero attached hydrogens (tertiary/aromatic N) is 4. The summed E-state index contributed by atoms with van der Waals surface area (Å²) in [6.45, 7) is 4.16. The summed E-state index contributed by atoms with van der Waals surface area (Å²) in [5, 5.41) is 0. The molecule has 0 radical (unpaired) electrons.